The van der Waals surface area contributed by atoms with Gasteiger partial charge in [-0.2, -0.15) is 0 Å². The van der Waals surface area contributed by atoms with E-state index >= 15 is 0 Å². The van der Waals surface area contributed by atoms with Gasteiger partial charge in [-0.3, -0.25) is 9.78 Å². The molecule has 2 aromatic rings. The summed E-state index contributed by atoms with van der Waals surface area (Å²) in [5.41, 5.74) is 4.43. The van der Waals surface area contributed by atoms with E-state index in [1.807, 2.05) is 35.8 Å². The molecule has 0 saturated carbocycles. The van der Waals surface area contributed by atoms with Gasteiger partial charge in [-0.25, -0.2) is 0 Å². The monoisotopic (exact) mass is 269 g/mol. The van der Waals surface area contributed by atoms with Crippen molar-refractivity contribution in [3.8, 4) is 0 Å². The van der Waals surface area contributed by atoms with Crippen molar-refractivity contribution in [2.45, 2.75) is 26.3 Å². The normalized spacial score (nSPS) is 14.7. The van der Waals surface area contributed by atoms with Crippen LogP contribution in [0.4, 0.5) is 0 Å². The fourth-order valence-corrected chi connectivity index (χ4v) is 2.77. The van der Waals surface area contributed by atoms with Crippen molar-refractivity contribution in [2.24, 2.45) is 0 Å². The van der Waals surface area contributed by atoms with Crippen molar-refractivity contribution >= 4 is 0 Å². The third kappa shape index (κ3) is 2.65. The number of nitrogens with one attached hydrogen (secondary N) is 1. The molecule has 4 heteroatoms. The molecule has 2 aromatic heterocycles. The summed E-state index contributed by atoms with van der Waals surface area (Å²) in [5.74, 6) is 0. The Hall–Kier alpha value is -1.94. The maximum Gasteiger partial charge on any atom is 0.251 e. The van der Waals surface area contributed by atoms with Crippen LogP contribution in [0.3, 0.4) is 0 Å². The van der Waals surface area contributed by atoms with Crippen molar-refractivity contribution in [1.82, 2.24) is 14.9 Å². The highest BCUT2D eigenvalue weighted by atomic mass is 16.1. The first kappa shape index (κ1) is 13.1. The van der Waals surface area contributed by atoms with Crippen LogP contribution in [-0.2, 0) is 19.4 Å². The van der Waals surface area contributed by atoms with Crippen molar-refractivity contribution < 1.29 is 0 Å². The predicted molar refractivity (Wildman–Crippen MR) is 79.1 cm³/mol. The number of nitrogens with zero attached hydrogens (tertiary/aromatic N) is 2. The van der Waals surface area contributed by atoms with E-state index in [1.54, 1.807) is 6.07 Å². The van der Waals surface area contributed by atoms with E-state index in [-0.39, 0.29) is 5.56 Å². The minimum atomic E-state index is 0.0638. The number of rotatable bonds is 2. The first-order chi connectivity index (χ1) is 9.74. The highest BCUT2D eigenvalue weighted by Crippen LogP contribution is 2.12. The van der Waals surface area contributed by atoms with Crippen LogP contribution in [0, 0.1) is 6.92 Å². The summed E-state index contributed by atoms with van der Waals surface area (Å²) < 4.78 is 1.88. The topological polar surface area (TPSA) is 46.9 Å². The molecule has 4 nitrogen and oxygen atoms in total. The highest BCUT2D eigenvalue weighted by molar-refractivity contribution is 5.24. The van der Waals surface area contributed by atoms with Gasteiger partial charge in [0, 0.05) is 30.4 Å². The van der Waals surface area contributed by atoms with Gasteiger partial charge in [0.15, 0.2) is 0 Å². The summed E-state index contributed by atoms with van der Waals surface area (Å²) in [6.07, 6.45) is 1.88. The molecule has 0 fully saturated rings. The quantitative estimate of drug-likeness (QED) is 0.893. The van der Waals surface area contributed by atoms with Crippen LogP contribution in [0.15, 0.2) is 35.1 Å². The number of hydrogen-bond acceptors (Lipinski definition) is 3. The Morgan fingerprint density at radius 1 is 1.20 bits per heavy atom. The average Bonchev–Trinajstić information content (AvgIpc) is 2.67. The molecule has 0 radical (unpaired) electrons. The van der Waals surface area contributed by atoms with Crippen LogP contribution in [0.1, 0.15) is 22.6 Å². The Bertz CT molecular complexity index is 676. The highest BCUT2D eigenvalue weighted by Gasteiger charge is 2.13. The minimum absolute atomic E-state index is 0.0638. The van der Waals surface area contributed by atoms with Gasteiger partial charge in [0.1, 0.15) is 0 Å². The van der Waals surface area contributed by atoms with Crippen LogP contribution in [0.2, 0.25) is 0 Å². The van der Waals surface area contributed by atoms with Crippen LogP contribution >= 0.6 is 0 Å². The molecule has 3 rings (SSSR count). The zero-order valence-corrected chi connectivity index (χ0v) is 11.7. The van der Waals surface area contributed by atoms with E-state index in [4.69, 9.17) is 0 Å². The van der Waals surface area contributed by atoms with Gasteiger partial charge >= 0.3 is 0 Å². The molecule has 1 aliphatic heterocycles. The summed E-state index contributed by atoms with van der Waals surface area (Å²) in [5, 5.41) is 3.38. The lowest BCUT2D eigenvalue weighted by molar-refractivity contribution is 0.661. The summed E-state index contributed by atoms with van der Waals surface area (Å²) in [6, 6.07) is 9.60. The molecule has 0 bridgehead atoms. The second-order valence-electron chi connectivity index (χ2n) is 5.25. The molecule has 0 atom stereocenters. The van der Waals surface area contributed by atoms with Crippen molar-refractivity contribution in [2.75, 3.05) is 13.1 Å². The smallest absolute Gasteiger partial charge is 0.251 e. The molecular formula is C16H19N3O. The third-order valence-electron chi connectivity index (χ3n) is 3.77. The fourth-order valence-electron chi connectivity index (χ4n) is 2.77. The van der Waals surface area contributed by atoms with E-state index in [2.05, 4.69) is 10.3 Å². The molecule has 0 aliphatic carbocycles. The molecule has 0 saturated heterocycles. The van der Waals surface area contributed by atoms with Crippen molar-refractivity contribution in [1.29, 1.82) is 0 Å². The number of fused-ring (bicyclic) bond motifs is 1. The van der Waals surface area contributed by atoms with Gasteiger partial charge in [-0.05, 0) is 37.6 Å². The second kappa shape index (κ2) is 5.59. The summed E-state index contributed by atoms with van der Waals surface area (Å²) in [4.78, 5) is 16.7. The van der Waals surface area contributed by atoms with E-state index in [0.717, 1.165) is 43.0 Å². The Morgan fingerprint density at radius 3 is 2.90 bits per heavy atom. The Balaban J connectivity index is 2.02. The average molecular weight is 269 g/mol. The lowest BCUT2D eigenvalue weighted by Crippen LogP contribution is -2.25. The number of hydrogen-bond donors (Lipinski definition) is 1. The molecule has 1 aliphatic rings. The van der Waals surface area contributed by atoms with Gasteiger partial charge in [0.2, 0.25) is 0 Å². The van der Waals surface area contributed by atoms with E-state index in [1.165, 1.54) is 5.56 Å². The van der Waals surface area contributed by atoms with Gasteiger partial charge in [-0.15, -0.1) is 0 Å². The second-order valence-corrected chi connectivity index (χ2v) is 5.25. The summed E-state index contributed by atoms with van der Waals surface area (Å²) in [6.45, 7) is 4.44. The van der Waals surface area contributed by atoms with Crippen LogP contribution in [-0.4, -0.2) is 22.6 Å². The van der Waals surface area contributed by atoms with Gasteiger partial charge < -0.3 is 9.88 Å². The molecule has 3 heterocycles. The van der Waals surface area contributed by atoms with Gasteiger partial charge in [0.05, 0.1) is 12.2 Å². The van der Waals surface area contributed by atoms with Gasteiger partial charge in [-0.1, -0.05) is 12.1 Å². The Kier molecular flexibility index (Phi) is 3.65. The van der Waals surface area contributed by atoms with Crippen LogP contribution < -0.4 is 10.9 Å². The zero-order valence-electron chi connectivity index (χ0n) is 11.7. The SMILES string of the molecule is Cc1cccc(Cn2c3c(ccc2=O)CCNCC3)n1. The molecule has 0 unspecified atom stereocenters. The summed E-state index contributed by atoms with van der Waals surface area (Å²) in [7, 11) is 0. The number of pyridine rings is 2. The Morgan fingerprint density at radius 2 is 2.05 bits per heavy atom. The molecule has 0 aromatic carbocycles. The maximum atomic E-state index is 12.2. The molecule has 0 spiro atoms. The zero-order chi connectivity index (χ0) is 13.9. The third-order valence-corrected chi connectivity index (χ3v) is 3.77. The molecular weight excluding hydrogens is 250 g/mol. The molecule has 104 valence electrons. The van der Waals surface area contributed by atoms with Crippen molar-refractivity contribution in [3.05, 3.63) is 63.3 Å². The largest absolute Gasteiger partial charge is 0.316 e. The maximum absolute atomic E-state index is 12.2. The predicted octanol–water partition coefficient (Wildman–Crippen LogP) is 1.29. The molecule has 0 amide bonds. The number of aromatic nitrogens is 2. The fraction of sp³-hybridized carbons (Fsp3) is 0.375. The van der Waals surface area contributed by atoms with E-state index in [9.17, 15) is 4.79 Å². The van der Waals surface area contributed by atoms with E-state index in [0.29, 0.717) is 6.54 Å². The Labute approximate surface area is 118 Å². The van der Waals surface area contributed by atoms with Crippen molar-refractivity contribution in [3.63, 3.8) is 0 Å². The minimum Gasteiger partial charge on any atom is -0.316 e. The first-order valence-electron chi connectivity index (χ1n) is 7.09. The lowest BCUT2D eigenvalue weighted by atomic mass is 10.1. The number of aryl methyl sites for hydroxylation is 1. The first-order valence-corrected chi connectivity index (χ1v) is 7.09. The standard InChI is InChI=1S/C16H19N3O/c1-12-3-2-4-14(18-12)11-19-15-8-10-17-9-7-13(15)5-6-16(19)20/h2-6,17H,7-11H2,1H3. The van der Waals surface area contributed by atoms with E-state index < -0.39 is 0 Å². The van der Waals surface area contributed by atoms with Crippen LogP contribution in [0.25, 0.3) is 0 Å². The summed E-state index contributed by atoms with van der Waals surface area (Å²) >= 11 is 0. The molecule has 20 heavy (non-hydrogen) atoms. The van der Waals surface area contributed by atoms with Gasteiger partial charge in [0.25, 0.3) is 5.56 Å². The van der Waals surface area contributed by atoms with Crippen LogP contribution in [0.5, 0.6) is 0 Å². The lowest BCUT2D eigenvalue weighted by Gasteiger charge is -2.14. The molecule has 1 N–H and O–H groups in total.